The van der Waals surface area contributed by atoms with Crippen LogP contribution in [0, 0.1) is 5.82 Å². The molecule has 2 rings (SSSR count). The molecule has 0 aromatic heterocycles. The number of nitrogens with two attached hydrogens (primary N) is 1. The highest BCUT2D eigenvalue weighted by atomic mass is 19.1. The van der Waals surface area contributed by atoms with Gasteiger partial charge in [-0.2, -0.15) is 0 Å². The topological polar surface area (TPSA) is 53.7 Å². The van der Waals surface area contributed by atoms with Crippen molar-refractivity contribution in [2.45, 2.75) is 6.04 Å². The lowest BCUT2D eigenvalue weighted by Crippen LogP contribution is -2.15. The molecular formula is C16H18FNO3. The van der Waals surface area contributed by atoms with Gasteiger partial charge in [0.2, 0.25) is 0 Å². The number of benzene rings is 2. The number of hydrogen-bond donors (Lipinski definition) is 1. The van der Waals surface area contributed by atoms with E-state index in [0.717, 1.165) is 0 Å². The number of halogens is 1. The van der Waals surface area contributed by atoms with Crippen molar-refractivity contribution in [2.75, 3.05) is 21.3 Å². The summed E-state index contributed by atoms with van der Waals surface area (Å²) in [4.78, 5) is 0. The van der Waals surface area contributed by atoms with Gasteiger partial charge < -0.3 is 19.9 Å². The lowest BCUT2D eigenvalue weighted by atomic mass is 9.98. The highest BCUT2D eigenvalue weighted by Gasteiger charge is 2.18. The molecule has 0 aliphatic heterocycles. The Bertz CT molecular complexity index is 631. The second kappa shape index (κ2) is 6.45. The monoisotopic (exact) mass is 291 g/mol. The van der Waals surface area contributed by atoms with Crippen molar-refractivity contribution in [2.24, 2.45) is 5.73 Å². The summed E-state index contributed by atoms with van der Waals surface area (Å²) in [5.74, 6) is 1.24. The summed E-state index contributed by atoms with van der Waals surface area (Å²) in [6.07, 6.45) is 0. The van der Waals surface area contributed by atoms with Crippen LogP contribution in [0.5, 0.6) is 17.2 Å². The fourth-order valence-electron chi connectivity index (χ4n) is 2.13. The van der Waals surface area contributed by atoms with Gasteiger partial charge in [-0.3, -0.25) is 0 Å². The summed E-state index contributed by atoms with van der Waals surface area (Å²) in [7, 11) is 4.59. The van der Waals surface area contributed by atoms with Gasteiger partial charge in [-0.1, -0.05) is 6.07 Å². The number of ether oxygens (including phenoxy) is 3. The van der Waals surface area contributed by atoms with Gasteiger partial charge in [-0.15, -0.1) is 0 Å². The normalized spacial score (nSPS) is 11.9. The SMILES string of the molecule is COc1ccc(C(N)c2ccc(OC)cc2OC)c(F)c1. The predicted octanol–water partition coefficient (Wildman–Crippen LogP) is 2.90. The second-order valence-corrected chi connectivity index (χ2v) is 4.47. The molecule has 0 saturated carbocycles. The zero-order valence-corrected chi connectivity index (χ0v) is 12.2. The van der Waals surface area contributed by atoms with Gasteiger partial charge in [0.15, 0.2) is 0 Å². The molecule has 1 unspecified atom stereocenters. The van der Waals surface area contributed by atoms with E-state index in [4.69, 9.17) is 19.9 Å². The molecule has 0 heterocycles. The van der Waals surface area contributed by atoms with E-state index in [0.29, 0.717) is 28.4 Å². The Morgan fingerprint density at radius 1 is 0.857 bits per heavy atom. The average Bonchev–Trinajstić information content (AvgIpc) is 2.53. The first-order valence-electron chi connectivity index (χ1n) is 6.41. The van der Waals surface area contributed by atoms with Crippen molar-refractivity contribution in [3.05, 3.63) is 53.3 Å². The molecule has 0 amide bonds. The standard InChI is InChI=1S/C16H18FNO3/c1-19-10-4-6-12(14(17)8-10)16(18)13-7-5-11(20-2)9-15(13)21-3/h4-9,16H,18H2,1-3H3. The maximum atomic E-state index is 14.1. The lowest BCUT2D eigenvalue weighted by molar-refractivity contribution is 0.389. The Labute approximate surface area is 123 Å². The van der Waals surface area contributed by atoms with E-state index in [1.54, 1.807) is 37.4 Å². The van der Waals surface area contributed by atoms with Crippen LogP contribution in [0.25, 0.3) is 0 Å². The van der Waals surface area contributed by atoms with Crippen molar-refractivity contribution in [3.8, 4) is 17.2 Å². The molecule has 0 aliphatic carbocycles. The van der Waals surface area contributed by atoms with E-state index in [-0.39, 0.29) is 0 Å². The minimum absolute atomic E-state index is 0.374. The first-order chi connectivity index (χ1) is 10.1. The smallest absolute Gasteiger partial charge is 0.132 e. The van der Waals surface area contributed by atoms with Crippen molar-refractivity contribution in [3.63, 3.8) is 0 Å². The molecule has 5 heteroatoms. The molecule has 112 valence electrons. The van der Waals surface area contributed by atoms with E-state index in [2.05, 4.69) is 0 Å². The summed E-state index contributed by atoms with van der Waals surface area (Å²) in [6.45, 7) is 0. The maximum Gasteiger partial charge on any atom is 0.132 e. The second-order valence-electron chi connectivity index (χ2n) is 4.47. The largest absolute Gasteiger partial charge is 0.497 e. The van der Waals surface area contributed by atoms with Gasteiger partial charge in [-0.25, -0.2) is 4.39 Å². The van der Waals surface area contributed by atoms with Crippen LogP contribution in [-0.4, -0.2) is 21.3 Å². The van der Waals surface area contributed by atoms with Gasteiger partial charge in [0.05, 0.1) is 27.4 Å². The van der Waals surface area contributed by atoms with E-state index in [1.165, 1.54) is 20.3 Å². The summed E-state index contributed by atoms with van der Waals surface area (Å²) >= 11 is 0. The van der Waals surface area contributed by atoms with E-state index < -0.39 is 11.9 Å². The van der Waals surface area contributed by atoms with Gasteiger partial charge in [0, 0.05) is 23.3 Å². The average molecular weight is 291 g/mol. The van der Waals surface area contributed by atoms with E-state index in [1.807, 2.05) is 0 Å². The fourth-order valence-corrected chi connectivity index (χ4v) is 2.13. The van der Waals surface area contributed by atoms with Crippen molar-refractivity contribution in [1.82, 2.24) is 0 Å². The van der Waals surface area contributed by atoms with Crippen LogP contribution >= 0.6 is 0 Å². The lowest BCUT2D eigenvalue weighted by Gasteiger charge is -2.18. The van der Waals surface area contributed by atoms with Crippen LogP contribution in [-0.2, 0) is 0 Å². The Kier molecular flexibility index (Phi) is 4.65. The first kappa shape index (κ1) is 15.1. The van der Waals surface area contributed by atoms with Crippen LogP contribution in [0.2, 0.25) is 0 Å². The van der Waals surface area contributed by atoms with Crippen LogP contribution in [0.3, 0.4) is 0 Å². The molecule has 1 atom stereocenters. The minimum Gasteiger partial charge on any atom is -0.497 e. The molecule has 2 aromatic carbocycles. The predicted molar refractivity (Wildman–Crippen MR) is 78.5 cm³/mol. The van der Waals surface area contributed by atoms with Gasteiger partial charge in [0.1, 0.15) is 23.1 Å². The molecule has 0 bridgehead atoms. The zero-order chi connectivity index (χ0) is 15.4. The Morgan fingerprint density at radius 3 is 1.95 bits per heavy atom. The fraction of sp³-hybridized carbons (Fsp3) is 0.250. The molecule has 2 aromatic rings. The summed E-state index contributed by atoms with van der Waals surface area (Å²) in [5.41, 5.74) is 7.23. The number of methoxy groups -OCH3 is 3. The third-order valence-corrected chi connectivity index (χ3v) is 3.32. The van der Waals surface area contributed by atoms with Crippen LogP contribution in [0.15, 0.2) is 36.4 Å². The molecule has 0 spiro atoms. The Morgan fingerprint density at radius 2 is 1.43 bits per heavy atom. The first-order valence-corrected chi connectivity index (χ1v) is 6.41. The summed E-state index contributed by atoms with van der Waals surface area (Å²) in [5, 5.41) is 0. The van der Waals surface area contributed by atoms with E-state index >= 15 is 0 Å². The van der Waals surface area contributed by atoms with Crippen molar-refractivity contribution >= 4 is 0 Å². The maximum absolute atomic E-state index is 14.1. The number of rotatable bonds is 5. The van der Waals surface area contributed by atoms with Crippen LogP contribution in [0.4, 0.5) is 4.39 Å². The minimum atomic E-state index is -0.642. The Balaban J connectivity index is 2.42. The molecular weight excluding hydrogens is 273 g/mol. The van der Waals surface area contributed by atoms with Gasteiger partial charge >= 0.3 is 0 Å². The summed E-state index contributed by atoms with van der Waals surface area (Å²) in [6, 6.07) is 9.21. The van der Waals surface area contributed by atoms with Crippen LogP contribution < -0.4 is 19.9 Å². The molecule has 0 saturated heterocycles. The van der Waals surface area contributed by atoms with Crippen LogP contribution in [0.1, 0.15) is 17.2 Å². The molecule has 0 fully saturated rings. The van der Waals surface area contributed by atoms with Gasteiger partial charge in [0.25, 0.3) is 0 Å². The molecule has 2 N–H and O–H groups in total. The quantitative estimate of drug-likeness (QED) is 0.920. The van der Waals surface area contributed by atoms with Crippen molar-refractivity contribution in [1.29, 1.82) is 0 Å². The molecule has 0 aliphatic rings. The summed E-state index contributed by atoms with van der Waals surface area (Å²) < 4.78 is 29.6. The third kappa shape index (κ3) is 3.08. The van der Waals surface area contributed by atoms with Crippen molar-refractivity contribution < 1.29 is 18.6 Å². The molecule has 4 nitrogen and oxygen atoms in total. The molecule has 21 heavy (non-hydrogen) atoms. The highest BCUT2D eigenvalue weighted by Crippen LogP contribution is 2.33. The highest BCUT2D eigenvalue weighted by molar-refractivity contribution is 5.46. The zero-order valence-electron chi connectivity index (χ0n) is 12.2. The Hall–Kier alpha value is -2.27. The number of hydrogen-bond acceptors (Lipinski definition) is 4. The third-order valence-electron chi connectivity index (χ3n) is 3.32. The van der Waals surface area contributed by atoms with Gasteiger partial charge in [-0.05, 0) is 18.2 Å². The van der Waals surface area contributed by atoms with E-state index in [9.17, 15) is 4.39 Å². The molecule has 0 radical (unpaired) electrons.